The van der Waals surface area contributed by atoms with E-state index in [1.807, 2.05) is 0 Å². The molecule has 8 heteroatoms. The molecule has 0 unspecified atom stereocenters. The van der Waals surface area contributed by atoms with Crippen LogP contribution in [0.3, 0.4) is 0 Å². The van der Waals surface area contributed by atoms with Crippen LogP contribution in [-0.4, -0.2) is 38.0 Å². The van der Waals surface area contributed by atoms with Gasteiger partial charge in [-0.15, -0.1) is 0 Å². The Morgan fingerprint density at radius 3 is 2.81 bits per heavy atom. The van der Waals surface area contributed by atoms with Crippen LogP contribution in [0.4, 0.5) is 4.39 Å². The van der Waals surface area contributed by atoms with E-state index in [0.717, 1.165) is 0 Å². The molecule has 21 heavy (non-hydrogen) atoms. The molecule has 1 amide bonds. The van der Waals surface area contributed by atoms with Crippen molar-refractivity contribution in [1.82, 2.24) is 5.32 Å². The predicted octanol–water partition coefficient (Wildman–Crippen LogP) is 1.66. The Morgan fingerprint density at radius 2 is 2.24 bits per heavy atom. The van der Waals surface area contributed by atoms with Gasteiger partial charge in [0.05, 0.1) is 16.0 Å². The van der Waals surface area contributed by atoms with Crippen molar-refractivity contribution in [1.29, 1.82) is 0 Å². The quantitative estimate of drug-likeness (QED) is 0.863. The first kappa shape index (κ1) is 16.2. The SMILES string of the molecule is C[C@H](Oc1ccc(F)cc1Br)C(=O)N[C@H]1CCS(=O)(=O)C1. The highest BCUT2D eigenvalue weighted by molar-refractivity contribution is 9.10. The standard InChI is InChI=1S/C13H15BrFNO4S/c1-8(20-12-3-2-9(15)6-11(12)14)13(17)16-10-4-5-21(18,19)7-10/h2-3,6,8,10H,4-5,7H2,1H3,(H,16,17)/t8-,10-/m0/s1. The molecule has 0 radical (unpaired) electrons. The van der Waals surface area contributed by atoms with Gasteiger partial charge in [-0.25, -0.2) is 12.8 Å². The summed E-state index contributed by atoms with van der Waals surface area (Å²) in [6, 6.07) is 3.52. The molecule has 1 saturated heterocycles. The Labute approximate surface area is 130 Å². The van der Waals surface area contributed by atoms with Gasteiger partial charge in [-0.05, 0) is 47.5 Å². The molecule has 1 heterocycles. The Morgan fingerprint density at radius 1 is 1.52 bits per heavy atom. The maximum absolute atomic E-state index is 13.0. The number of carbonyl (C=O) groups is 1. The lowest BCUT2D eigenvalue weighted by molar-refractivity contribution is -0.127. The molecule has 1 aliphatic rings. The minimum absolute atomic E-state index is 0.0360. The molecule has 0 bridgehead atoms. The van der Waals surface area contributed by atoms with Crippen LogP contribution in [0.15, 0.2) is 22.7 Å². The molecule has 1 aromatic rings. The van der Waals surface area contributed by atoms with Crippen molar-refractivity contribution in [2.45, 2.75) is 25.5 Å². The summed E-state index contributed by atoms with van der Waals surface area (Å²) >= 11 is 3.15. The van der Waals surface area contributed by atoms with E-state index < -0.39 is 27.7 Å². The Balaban J connectivity index is 1.94. The molecule has 2 atom stereocenters. The second-order valence-electron chi connectivity index (χ2n) is 4.94. The lowest BCUT2D eigenvalue weighted by Crippen LogP contribution is -2.43. The molecule has 2 rings (SSSR count). The van der Waals surface area contributed by atoms with E-state index in [2.05, 4.69) is 21.2 Å². The average Bonchev–Trinajstić information content (AvgIpc) is 2.72. The maximum Gasteiger partial charge on any atom is 0.261 e. The zero-order valence-electron chi connectivity index (χ0n) is 11.3. The van der Waals surface area contributed by atoms with E-state index in [1.165, 1.54) is 18.2 Å². The number of hydrogen-bond acceptors (Lipinski definition) is 4. The van der Waals surface area contributed by atoms with Gasteiger partial charge in [0, 0.05) is 6.04 Å². The predicted molar refractivity (Wildman–Crippen MR) is 79.4 cm³/mol. The number of sulfone groups is 1. The number of amides is 1. The minimum Gasteiger partial charge on any atom is -0.480 e. The van der Waals surface area contributed by atoms with E-state index in [9.17, 15) is 17.6 Å². The van der Waals surface area contributed by atoms with Crippen molar-refractivity contribution in [2.75, 3.05) is 11.5 Å². The number of halogens is 2. The third-order valence-electron chi connectivity index (χ3n) is 3.15. The molecular formula is C13H15BrFNO4S. The largest absolute Gasteiger partial charge is 0.480 e. The zero-order chi connectivity index (χ0) is 15.6. The van der Waals surface area contributed by atoms with E-state index in [1.54, 1.807) is 6.92 Å². The van der Waals surface area contributed by atoms with Crippen LogP contribution in [0.5, 0.6) is 5.75 Å². The topological polar surface area (TPSA) is 72.5 Å². The molecule has 1 N–H and O–H groups in total. The van der Waals surface area contributed by atoms with Gasteiger partial charge in [-0.2, -0.15) is 0 Å². The summed E-state index contributed by atoms with van der Waals surface area (Å²) in [6.07, 6.45) is -0.392. The number of carbonyl (C=O) groups excluding carboxylic acids is 1. The molecule has 1 aromatic carbocycles. The summed E-state index contributed by atoms with van der Waals surface area (Å²) < 4.78 is 41.5. The molecule has 0 aliphatic carbocycles. The summed E-state index contributed by atoms with van der Waals surface area (Å²) in [5, 5.41) is 2.65. The lowest BCUT2D eigenvalue weighted by atomic mass is 10.2. The first-order valence-electron chi connectivity index (χ1n) is 6.39. The van der Waals surface area contributed by atoms with E-state index in [-0.39, 0.29) is 17.5 Å². The highest BCUT2D eigenvalue weighted by Crippen LogP contribution is 2.26. The number of rotatable bonds is 4. The van der Waals surface area contributed by atoms with E-state index in [0.29, 0.717) is 16.6 Å². The minimum atomic E-state index is -3.04. The Bertz CT molecular complexity index is 650. The molecular weight excluding hydrogens is 365 g/mol. The van der Waals surface area contributed by atoms with Gasteiger partial charge in [-0.3, -0.25) is 4.79 Å². The van der Waals surface area contributed by atoms with Crippen LogP contribution in [0.25, 0.3) is 0 Å². The van der Waals surface area contributed by atoms with Crippen molar-refractivity contribution >= 4 is 31.7 Å². The number of hydrogen-bond donors (Lipinski definition) is 1. The smallest absolute Gasteiger partial charge is 0.261 e. The van der Waals surface area contributed by atoms with Crippen molar-refractivity contribution < 1.29 is 22.3 Å². The van der Waals surface area contributed by atoms with Crippen LogP contribution in [0, 0.1) is 5.82 Å². The van der Waals surface area contributed by atoms with Crippen molar-refractivity contribution in [3.63, 3.8) is 0 Å². The second-order valence-corrected chi connectivity index (χ2v) is 8.03. The fourth-order valence-electron chi connectivity index (χ4n) is 2.04. The molecule has 1 fully saturated rings. The van der Waals surface area contributed by atoms with E-state index in [4.69, 9.17) is 4.74 Å². The van der Waals surface area contributed by atoms with Crippen LogP contribution in [-0.2, 0) is 14.6 Å². The van der Waals surface area contributed by atoms with Crippen LogP contribution < -0.4 is 10.1 Å². The van der Waals surface area contributed by atoms with Crippen LogP contribution >= 0.6 is 15.9 Å². The van der Waals surface area contributed by atoms with E-state index >= 15 is 0 Å². The molecule has 116 valence electrons. The fraction of sp³-hybridized carbons (Fsp3) is 0.462. The summed E-state index contributed by atoms with van der Waals surface area (Å²) in [6.45, 7) is 1.55. The molecule has 0 saturated carbocycles. The highest BCUT2D eigenvalue weighted by atomic mass is 79.9. The third kappa shape index (κ3) is 4.41. The zero-order valence-corrected chi connectivity index (χ0v) is 13.7. The molecule has 5 nitrogen and oxygen atoms in total. The Hall–Kier alpha value is -1.15. The molecule has 1 aliphatic heterocycles. The first-order chi connectivity index (χ1) is 9.77. The number of ether oxygens (including phenoxy) is 1. The number of benzene rings is 1. The number of nitrogens with one attached hydrogen (secondary N) is 1. The summed E-state index contributed by atoms with van der Waals surface area (Å²) in [7, 11) is -3.04. The molecule has 0 aromatic heterocycles. The Kier molecular flexibility index (Phi) is 4.88. The fourth-order valence-corrected chi connectivity index (χ4v) is 4.16. The molecule has 0 spiro atoms. The van der Waals surface area contributed by atoms with Crippen LogP contribution in [0.1, 0.15) is 13.3 Å². The van der Waals surface area contributed by atoms with Gasteiger partial charge in [0.15, 0.2) is 15.9 Å². The van der Waals surface area contributed by atoms with Gasteiger partial charge in [-0.1, -0.05) is 0 Å². The average molecular weight is 380 g/mol. The van der Waals surface area contributed by atoms with Gasteiger partial charge < -0.3 is 10.1 Å². The first-order valence-corrected chi connectivity index (χ1v) is 9.01. The second kappa shape index (κ2) is 6.31. The third-order valence-corrected chi connectivity index (χ3v) is 5.53. The van der Waals surface area contributed by atoms with Crippen molar-refractivity contribution in [2.24, 2.45) is 0 Å². The van der Waals surface area contributed by atoms with Gasteiger partial charge in [0.2, 0.25) is 0 Å². The summed E-state index contributed by atoms with van der Waals surface area (Å²) in [5.74, 6) is -0.406. The van der Waals surface area contributed by atoms with Crippen molar-refractivity contribution in [3.8, 4) is 5.75 Å². The maximum atomic E-state index is 13.0. The highest BCUT2D eigenvalue weighted by Gasteiger charge is 2.30. The lowest BCUT2D eigenvalue weighted by Gasteiger charge is -2.18. The van der Waals surface area contributed by atoms with Crippen molar-refractivity contribution in [3.05, 3.63) is 28.5 Å². The normalized spacial score (nSPS) is 21.8. The van der Waals surface area contributed by atoms with Gasteiger partial charge in [0.1, 0.15) is 11.6 Å². The van der Waals surface area contributed by atoms with Crippen LogP contribution in [0.2, 0.25) is 0 Å². The monoisotopic (exact) mass is 379 g/mol. The van der Waals surface area contributed by atoms with Gasteiger partial charge >= 0.3 is 0 Å². The summed E-state index contributed by atoms with van der Waals surface area (Å²) in [5.41, 5.74) is 0. The summed E-state index contributed by atoms with van der Waals surface area (Å²) in [4.78, 5) is 12.0. The van der Waals surface area contributed by atoms with Gasteiger partial charge in [0.25, 0.3) is 5.91 Å².